The van der Waals surface area contributed by atoms with E-state index in [-0.39, 0.29) is 11.9 Å². The van der Waals surface area contributed by atoms with Gasteiger partial charge in [0, 0.05) is 11.6 Å². The van der Waals surface area contributed by atoms with Crippen molar-refractivity contribution in [3.63, 3.8) is 0 Å². The lowest BCUT2D eigenvalue weighted by Crippen LogP contribution is -2.25. The third-order valence-electron chi connectivity index (χ3n) is 4.69. The van der Waals surface area contributed by atoms with Gasteiger partial charge in [-0.2, -0.15) is 4.99 Å². The van der Waals surface area contributed by atoms with E-state index in [9.17, 15) is 4.79 Å². The molecule has 1 aromatic carbocycles. The smallest absolute Gasteiger partial charge is 0.296 e. The summed E-state index contributed by atoms with van der Waals surface area (Å²) in [6.45, 7) is 2.29. The monoisotopic (exact) mass is 331 g/mol. The molecule has 24 heavy (non-hydrogen) atoms. The maximum atomic E-state index is 11.2. The molecule has 1 aromatic rings. The molecule has 5 nitrogen and oxygen atoms in total. The zero-order chi connectivity index (χ0) is 17.4. The van der Waals surface area contributed by atoms with Gasteiger partial charge in [-0.15, -0.1) is 0 Å². The lowest BCUT2D eigenvalue weighted by atomic mass is 9.85. The van der Waals surface area contributed by atoms with Gasteiger partial charge in [0.1, 0.15) is 0 Å². The fourth-order valence-electron chi connectivity index (χ4n) is 3.24. The first-order valence-electron chi connectivity index (χ1n) is 8.87. The molecule has 1 aliphatic carbocycles. The van der Waals surface area contributed by atoms with E-state index in [4.69, 9.17) is 10.5 Å². The van der Waals surface area contributed by atoms with Gasteiger partial charge >= 0.3 is 0 Å². The number of nitrogens with one attached hydrogen (secondary N) is 1. The maximum absolute atomic E-state index is 11.2. The van der Waals surface area contributed by atoms with Crippen LogP contribution in [0.15, 0.2) is 35.3 Å². The van der Waals surface area contributed by atoms with Crippen LogP contribution in [0.3, 0.4) is 0 Å². The van der Waals surface area contributed by atoms with Crippen LogP contribution in [0.4, 0.5) is 0 Å². The first kappa shape index (κ1) is 18.5. The molecule has 3 rings (SSSR count). The number of nitrogens with two attached hydrogens (primary N) is 1. The van der Waals surface area contributed by atoms with E-state index in [2.05, 4.69) is 24.3 Å². The van der Waals surface area contributed by atoms with Gasteiger partial charge in [-0.05, 0) is 26.3 Å². The zero-order valence-electron chi connectivity index (χ0n) is 14.7. The number of rotatable bonds is 4. The molecule has 1 heterocycles. The van der Waals surface area contributed by atoms with Gasteiger partial charge in [0.2, 0.25) is 6.10 Å². The van der Waals surface area contributed by atoms with E-state index in [0.717, 1.165) is 17.5 Å². The van der Waals surface area contributed by atoms with Crippen LogP contribution in [0.5, 0.6) is 0 Å². The van der Waals surface area contributed by atoms with Gasteiger partial charge in [0.05, 0.1) is 0 Å². The van der Waals surface area contributed by atoms with Gasteiger partial charge in [-0.3, -0.25) is 4.79 Å². The van der Waals surface area contributed by atoms with Crippen LogP contribution in [0.2, 0.25) is 0 Å². The van der Waals surface area contributed by atoms with Crippen LogP contribution in [0.25, 0.3) is 0 Å². The van der Waals surface area contributed by atoms with Crippen molar-refractivity contribution in [1.29, 1.82) is 0 Å². The van der Waals surface area contributed by atoms with Crippen molar-refractivity contribution in [1.82, 2.24) is 5.32 Å². The SMILES string of the molecule is CNC(C)CC1CCCCC1.NC1=NC(=O)C(c2ccccc2)O1. The Bertz CT molecular complexity index is 539. The van der Waals surface area contributed by atoms with Crippen molar-refractivity contribution in [3.8, 4) is 0 Å². The summed E-state index contributed by atoms with van der Waals surface area (Å²) in [5, 5.41) is 3.31. The zero-order valence-corrected chi connectivity index (χ0v) is 14.7. The molecule has 0 aromatic heterocycles. The van der Waals surface area contributed by atoms with Crippen molar-refractivity contribution in [2.75, 3.05) is 7.05 Å². The minimum absolute atomic E-state index is 0.0566. The number of nitrogens with zero attached hydrogens (tertiary/aromatic N) is 1. The number of hydrogen-bond donors (Lipinski definition) is 2. The normalized spacial score (nSPS) is 22.2. The lowest BCUT2D eigenvalue weighted by molar-refractivity contribution is -0.122. The molecule has 1 fully saturated rings. The highest BCUT2D eigenvalue weighted by Crippen LogP contribution is 2.27. The number of amides is 1. The van der Waals surface area contributed by atoms with Gasteiger partial charge in [-0.25, -0.2) is 0 Å². The lowest BCUT2D eigenvalue weighted by Gasteiger charge is -2.24. The average Bonchev–Trinajstić information content (AvgIpc) is 2.95. The Kier molecular flexibility index (Phi) is 7.25. The van der Waals surface area contributed by atoms with Gasteiger partial charge in [-0.1, -0.05) is 62.4 Å². The van der Waals surface area contributed by atoms with Crippen molar-refractivity contribution >= 4 is 11.9 Å². The molecule has 2 unspecified atom stereocenters. The number of amidine groups is 1. The first-order chi connectivity index (χ1) is 11.6. The molecule has 3 N–H and O–H groups in total. The Hall–Kier alpha value is -1.88. The summed E-state index contributed by atoms with van der Waals surface area (Å²) in [5.74, 6) is 0.676. The maximum Gasteiger partial charge on any atom is 0.296 e. The summed E-state index contributed by atoms with van der Waals surface area (Å²) in [6, 6.07) is 9.80. The van der Waals surface area contributed by atoms with Crippen LogP contribution in [0.1, 0.15) is 57.1 Å². The number of carbonyl (C=O) groups is 1. The Morgan fingerprint density at radius 1 is 1.25 bits per heavy atom. The molecule has 0 bridgehead atoms. The number of carbonyl (C=O) groups excluding carboxylic acids is 1. The van der Waals surface area contributed by atoms with E-state index in [1.54, 1.807) is 12.1 Å². The van der Waals surface area contributed by atoms with Crippen LogP contribution in [0, 0.1) is 5.92 Å². The van der Waals surface area contributed by atoms with E-state index in [1.807, 2.05) is 18.2 Å². The molecule has 2 atom stereocenters. The molecule has 0 spiro atoms. The fourth-order valence-corrected chi connectivity index (χ4v) is 3.24. The first-order valence-corrected chi connectivity index (χ1v) is 8.87. The van der Waals surface area contributed by atoms with Crippen LogP contribution < -0.4 is 11.1 Å². The number of benzene rings is 1. The number of ether oxygens (including phenoxy) is 1. The van der Waals surface area contributed by atoms with Crippen molar-refractivity contribution < 1.29 is 9.53 Å². The van der Waals surface area contributed by atoms with Gasteiger partial charge in [0.15, 0.2) is 0 Å². The molecule has 0 radical (unpaired) electrons. The van der Waals surface area contributed by atoms with E-state index >= 15 is 0 Å². The minimum atomic E-state index is -0.652. The molecule has 1 amide bonds. The molecular weight excluding hydrogens is 302 g/mol. The summed E-state index contributed by atoms with van der Waals surface area (Å²) in [6.07, 6.45) is 8.11. The Morgan fingerprint density at radius 2 is 1.92 bits per heavy atom. The van der Waals surface area contributed by atoms with E-state index in [0.29, 0.717) is 0 Å². The highest BCUT2D eigenvalue weighted by atomic mass is 16.5. The quantitative estimate of drug-likeness (QED) is 0.888. The summed E-state index contributed by atoms with van der Waals surface area (Å²) in [5.41, 5.74) is 6.03. The van der Waals surface area contributed by atoms with Crippen LogP contribution in [-0.4, -0.2) is 25.0 Å². The van der Waals surface area contributed by atoms with Gasteiger partial charge in [0.25, 0.3) is 11.9 Å². The average molecular weight is 331 g/mol. The summed E-state index contributed by atoms with van der Waals surface area (Å²) in [4.78, 5) is 14.7. The standard InChI is InChI=1S/C10H21N.C9H8N2O2/c1-9(11-2)8-10-6-4-3-5-7-10;10-9-11-8(12)7(13-9)6-4-2-1-3-5-6/h9-11H,3-8H2,1-2H3;1-5,7H,(H2,10,11,12). The molecule has 2 aliphatic rings. The predicted molar refractivity (Wildman–Crippen MR) is 96.6 cm³/mol. The molecule has 1 saturated carbocycles. The van der Waals surface area contributed by atoms with Crippen LogP contribution >= 0.6 is 0 Å². The predicted octanol–water partition coefficient (Wildman–Crippen LogP) is 3.16. The van der Waals surface area contributed by atoms with Crippen molar-refractivity contribution in [2.24, 2.45) is 16.6 Å². The highest BCUT2D eigenvalue weighted by Gasteiger charge is 2.28. The molecule has 132 valence electrons. The fraction of sp³-hybridized carbons (Fsp3) is 0.579. The van der Waals surface area contributed by atoms with E-state index < -0.39 is 6.10 Å². The second-order valence-electron chi connectivity index (χ2n) is 6.63. The van der Waals surface area contributed by atoms with E-state index in [1.165, 1.54) is 38.5 Å². The Labute approximate surface area is 144 Å². The number of aliphatic imine (C=N–C) groups is 1. The summed E-state index contributed by atoms with van der Waals surface area (Å²) < 4.78 is 5.04. The minimum Gasteiger partial charge on any atom is -0.447 e. The van der Waals surface area contributed by atoms with Crippen molar-refractivity contribution in [3.05, 3.63) is 35.9 Å². The molecular formula is C19H29N3O2. The largest absolute Gasteiger partial charge is 0.447 e. The highest BCUT2D eigenvalue weighted by molar-refractivity contribution is 5.98. The van der Waals surface area contributed by atoms with Gasteiger partial charge < -0.3 is 15.8 Å². The number of hydrogen-bond acceptors (Lipinski definition) is 4. The Morgan fingerprint density at radius 3 is 2.46 bits per heavy atom. The summed E-state index contributed by atoms with van der Waals surface area (Å²) in [7, 11) is 2.06. The second-order valence-corrected chi connectivity index (χ2v) is 6.63. The Balaban J connectivity index is 0.000000177. The van der Waals surface area contributed by atoms with Crippen LogP contribution in [-0.2, 0) is 9.53 Å². The topological polar surface area (TPSA) is 76.7 Å². The van der Waals surface area contributed by atoms with Crippen molar-refractivity contribution in [2.45, 2.75) is 57.6 Å². The molecule has 5 heteroatoms. The second kappa shape index (κ2) is 9.42. The third kappa shape index (κ3) is 5.64. The summed E-state index contributed by atoms with van der Waals surface area (Å²) >= 11 is 0. The molecule has 0 saturated heterocycles. The molecule has 1 aliphatic heterocycles. The third-order valence-corrected chi connectivity index (χ3v) is 4.69.